The number of amides is 1. The van der Waals surface area contributed by atoms with Gasteiger partial charge >= 0.3 is 0 Å². The van der Waals surface area contributed by atoms with Crippen molar-refractivity contribution in [3.8, 4) is 11.1 Å². The third-order valence-corrected chi connectivity index (χ3v) is 3.62. The molecule has 3 nitrogen and oxygen atoms in total. The maximum absolute atomic E-state index is 11.6. The minimum atomic E-state index is -0.382. The van der Waals surface area contributed by atoms with Gasteiger partial charge in [-0.05, 0) is 29.5 Å². The van der Waals surface area contributed by atoms with Gasteiger partial charge in [-0.1, -0.05) is 54.6 Å². The highest BCUT2D eigenvalue weighted by Crippen LogP contribution is 2.26. The van der Waals surface area contributed by atoms with Crippen molar-refractivity contribution in [2.45, 2.75) is 24.9 Å². The van der Waals surface area contributed by atoms with E-state index in [4.69, 9.17) is 5.73 Å². The highest BCUT2D eigenvalue weighted by Gasteiger charge is 2.28. The van der Waals surface area contributed by atoms with E-state index in [1.54, 1.807) is 0 Å². The van der Waals surface area contributed by atoms with Gasteiger partial charge in [0.05, 0.1) is 0 Å². The Hall–Kier alpha value is -2.13. The van der Waals surface area contributed by atoms with E-state index in [1.807, 2.05) is 42.5 Å². The van der Waals surface area contributed by atoms with Gasteiger partial charge in [0.2, 0.25) is 5.91 Å². The Morgan fingerprint density at radius 2 is 1.60 bits per heavy atom. The van der Waals surface area contributed by atoms with Gasteiger partial charge in [-0.15, -0.1) is 0 Å². The normalized spacial score (nSPS) is 15.8. The first-order valence-corrected chi connectivity index (χ1v) is 6.95. The van der Waals surface area contributed by atoms with Gasteiger partial charge in [-0.25, -0.2) is 0 Å². The Morgan fingerprint density at radius 1 is 1.00 bits per heavy atom. The average Bonchev–Trinajstić information content (AvgIpc) is 3.30. The second-order valence-corrected chi connectivity index (χ2v) is 5.26. The van der Waals surface area contributed by atoms with Gasteiger partial charge in [0.15, 0.2) is 0 Å². The Morgan fingerprint density at radius 3 is 2.15 bits per heavy atom. The first-order valence-electron chi connectivity index (χ1n) is 6.95. The Labute approximate surface area is 118 Å². The van der Waals surface area contributed by atoms with Crippen LogP contribution in [0.15, 0.2) is 54.6 Å². The molecule has 1 atom stereocenters. The summed E-state index contributed by atoms with van der Waals surface area (Å²) in [5, 5.41) is 3.29. The standard InChI is InChI=1S/C17H18N2O/c18-17(20)16(19-15-10-11-15)14-8-6-13(7-9-14)12-4-2-1-3-5-12/h1-9,15-16,19H,10-11H2,(H2,18,20). The number of nitrogens with one attached hydrogen (secondary N) is 1. The molecule has 2 aromatic carbocycles. The topological polar surface area (TPSA) is 55.1 Å². The number of nitrogens with two attached hydrogens (primary N) is 1. The summed E-state index contributed by atoms with van der Waals surface area (Å²) in [5.41, 5.74) is 8.74. The summed E-state index contributed by atoms with van der Waals surface area (Å²) in [6, 6.07) is 18.3. The monoisotopic (exact) mass is 266 g/mol. The zero-order valence-electron chi connectivity index (χ0n) is 11.3. The van der Waals surface area contributed by atoms with Crippen LogP contribution in [0.3, 0.4) is 0 Å². The molecule has 0 aromatic heterocycles. The molecule has 1 aliphatic rings. The Bertz CT molecular complexity index is 588. The third-order valence-electron chi connectivity index (χ3n) is 3.62. The van der Waals surface area contributed by atoms with Crippen LogP contribution < -0.4 is 11.1 Å². The molecule has 1 unspecified atom stereocenters. The molecule has 0 saturated heterocycles. The number of hydrogen-bond acceptors (Lipinski definition) is 2. The number of benzene rings is 2. The fourth-order valence-electron chi connectivity index (χ4n) is 2.33. The summed E-state index contributed by atoms with van der Waals surface area (Å²) in [6.07, 6.45) is 2.26. The van der Waals surface area contributed by atoms with Crippen molar-refractivity contribution >= 4 is 5.91 Å². The highest BCUT2D eigenvalue weighted by molar-refractivity contribution is 5.81. The highest BCUT2D eigenvalue weighted by atomic mass is 16.1. The summed E-state index contributed by atoms with van der Waals surface area (Å²) in [5.74, 6) is -0.315. The van der Waals surface area contributed by atoms with Crippen molar-refractivity contribution < 1.29 is 4.79 Å². The van der Waals surface area contributed by atoms with Gasteiger partial charge in [-0.2, -0.15) is 0 Å². The molecule has 0 spiro atoms. The molecule has 0 bridgehead atoms. The SMILES string of the molecule is NC(=O)C(NC1CC1)c1ccc(-c2ccccc2)cc1. The summed E-state index contributed by atoms with van der Waals surface area (Å²) in [7, 11) is 0. The van der Waals surface area contributed by atoms with Crippen LogP contribution in [0.4, 0.5) is 0 Å². The van der Waals surface area contributed by atoms with Crippen LogP contribution in [-0.2, 0) is 4.79 Å². The van der Waals surface area contributed by atoms with Crippen LogP contribution in [-0.4, -0.2) is 11.9 Å². The van der Waals surface area contributed by atoms with E-state index in [0.717, 1.165) is 24.0 Å². The molecule has 3 N–H and O–H groups in total. The molecule has 1 amide bonds. The fourth-order valence-corrected chi connectivity index (χ4v) is 2.33. The van der Waals surface area contributed by atoms with Crippen molar-refractivity contribution in [2.24, 2.45) is 5.73 Å². The molecular weight excluding hydrogens is 248 g/mol. The molecule has 1 saturated carbocycles. The molecule has 3 rings (SSSR count). The van der Waals surface area contributed by atoms with Gasteiger partial charge in [0.1, 0.15) is 6.04 Å². The molecule has 102 valence electrons. The van der Waals surface area contributed by atoms with E-state index >= 15 is 0 Å². The first-order chi connectivity index (χ1) is 9.74. The first kappa shape index (κ1) is 12.9. The lowest BCUT2D eigenvalue weighted by Gasteiger charge is -2.15. The predicted molar refractivity (Wildman–Crippen MR) is 80.0 cm³/mol. The van der Waals surface area contributed by atoms with E-state index in [9.17, 15) is 4.79 Å². The van der Waals surface area contributed by atoms with E-state index in [-0.39, 0.29) is 11.9 Å². The number of rotatable bonds is 5. The molecule has 3 heteroatoms. The Balaban J connectivity index is 1.82. The molecule has 0 heterocycles. The van der Waals surface area contributed by atoms with E-state index in [2.05, 4.69) is 17.4 Å². The summed E-state index contributed by atoms with van der Waals surface area (Å²) < 4.78 is 0. The predicted octanol–water partition coefficient (Wildman–Crippen LogP) is 2.63. The van der Waals surface area contributed by atoms with Crippen molar-refractivity contribution in [3.05, 3.63) is 60.2 Å². The summed E-state index contributed by atoms with van der Waals surface area (Å²) >= 11 is 0. The molecule has 2 aromatic rings. The number of primary amides is 1. The molecule has 0 radical (unpaired) electrons. The van der Waals surface area contributed by atoms with Gasteiger partial charge in [-0.3, -0.25) is 10.1 Å². The number of carbonyl (C=O) groups excluding carboxylic acids is 1. The van der Waals surface area contributed by atoms with Crippen LogP contribution in [0.5, 0.6) is 0 Å². The molecular formula is C17H18N2O. The lowest BCUT2D eigenvalue weighted by molar-refractivity contribution is -0.120. The lowest BCUT2D eigenvalue weighted by atomic mass is 10.0. The summed E-state index contributed by atoms with van der Waals surface area (Å²) in [4.78, 5) is 11.6. The second kappa shape index (κ2) is 5.47. The van der Waals surface area contributed by atoms with Crippen LogP contribution in [0, 0.1) is 0 Å². The Kier molecular flexibility index (Phi) is 3.52. The minimum Gasteiger partial charge on any atom is -0.368 e. The van der Waals surface area contributed by atoms with E-state index in [1.165, 1.54) is 5.56 Å². The van der Waals surface area contributed by atoms with Gasteiger partial charge < -0.3 is 5.73 Å². The van der Waals surface area contributed by atoms with Crippen molar-refractivity contribution in [1.82, 2.24) is 5.32 Å². The molecule has 1 fully saturated rings. The van der Waals surface area contributed by atoms with Crippen LogP contribution in [0.25, 0.3) is 11.1 Å². The number of hydrogen-bond donors (Lipinski definition) is 2. The maximum Gasteiger partial charge on any atom is 0.239 e. The molecule has 0 aliphatic heterocycles. The minimum absolute atomic E-state index is 0.315. The molecule has 20 heavy (non-hydrogen) atoms. The maximum atomic E-state index is 11.6. The zero-order valence-corrected chi connectivity index (χ0v) is 11.3. The quantitative estimate of drug-likeness (QED) is 0.874. The van der Waals surface area contributed by atoms with Gasteiger partial charge in [0, 0.05) is 6.04 Å². The second-order valence-electron chi connectivity index (χ2n) is 5.26. The van der Waals surface area contributed by atoms with Crippen LogP contribution in [0.1, 0.15) is 24.4 Å². The lowest BCUT2D eigenvalue weighted by Crippen LogP contribution is -2.34. The van der Waals surface area contributed by atoms with E-state index < -0.39 is 0 Å². The van der Waals surface area contributed by atoms with Crippen molar-refractivity contribution in [3.63, 3.8) is 0 Å². The van der Waals surface area contributed by atoms with Crippen molar-refractivity contribution in [2.75, 3.05) is 0 Å². The largest absolute Gasteiger partial charge is 0.368 e. The van der Waals surface area contributed by atoms with Crippen LogP contribution >= 0.6 is 0 Å². The average molecular weight is 266 g/mol. The van der Waals surface area contributed by atoms with Crippen molar-refractivity contribution in [1.29, 1.82) is 0 Å². The van der Waals surface area contributed by atoms with Crippen LogP contribution in [0.2, 0.25) is 0 Å². The summed E-state index contributed by atoms with van der Waals surface area (Å²) in [6.45, 7) is 0. The van der Waals surface area contributed by atoms with E-state index in [0.29, 0.717) is 6.04 Å². The third kappa shape index (κ3) is 2.89. The zero-order chi connectivity index (χ0) is 13.9. The smallest absolute Gasteiger partial charge is 0.239 e. The fraction of sp³-hybridized carbons (Fsp3) is 0.235. The number of carbonyl (C=O) groups is 1. The molecule has 1 aliphatic carbocycles. The van der Waals surface area contributed by atoms with Gasteiger partial charge in [0.25, 0.3) is 0 Å².